The van der Waals surface area contributed by atoms with Gasteiger partial charge in [0.1, 0.15) is 17.7 Å². The third-order valence-electron chi connectivity index (χ3n) is 6.63. The van der Waals surface area contributed by atoms with Gasteiger partial charge in [-0.3, -0.25) is 14.5 Å². The van der Waals surface area contributed by atoms with Crippen LogP contribution in [0.4, 0.5) is 10.2 Å². The van der Waals surface area contributed by atoms with E-state index in [1.807, 2.05) is 63.2 Å². The number of aryl methyl sites for hydroxylation is 2. The molecule has 2 heterocycles. The molecule has 3 aromatic carbocycles. The molecule has 5 rings (SSSR count). The van der Waals surface area contributed by atoms with Gasteiger partial charge >= 0.3 is 0 Å². The molecule has 0 radical (unpaired) electrons. The Morgan fingerprint density at radius 3 is 2.39 bits per heavy atom. The average Bonchev–Trinajstić information content (AvgIpc) is 3.22. The van der Waals surface area contributed by atoms with Crippen LogP contribution in [-0.4, -0.2) is 34.2 Å². The Morgan fingerprint density at radius 2 is 1.72 bits per heavy atom. The average molecular weight is 483 g/mol. The van der Waals surface area contributed by atoms with Crippen molar-refractivity contribution < 1.29 is 14.0 Å². The first kappa shape index (κ1) is 23.5. The first-order chi connectivity index (χ1) is 17.4. The van der Waals surface area contributed by atoms with Crippen LogP contribution in [0.3, 0.4) is 0 Å². The number of carbonyl (C=O) groups is 2. The third kappa shape index (κ3) is 4.06. The van der Waals surface area contributed by atoms with Crippen molar-refractivity contribution in [1.82, 2.24) is 15.1 Å². The Labute approximate surface area is 209 Å². The van der Waals surface area contributed by atoms with Crippen LogP contribution in [0.25, 0.3) is 5.69 Å². The standard InChI is InChI=1S/C29H27FN4O2/c1-4-33-28-24(19(3)32-34(28)23-11-6-5-7-12-23)25(20-13-15-22(30)16-14-20)26(29(33)36)31-27(35)21-10-8-9-18(2)17-21/h5-17,25-26H,4H2,1-3H3,(H,31,35)/t25-,26+/m0/s1. The van der Waals surface area contributed by atoms with E-state index in [4.69, 9.17) is 5.10 Å². The van der Waals surface area contributed by atoms with Gasteiger partial charge in [0, 0.05) is 23.6 Å². The van der Waals surface area contributed by atoms with Crippen LogP contribution < -0.4 is 10.2 Å². The minimum absolute atomic E-state index is 0.239. The summed E-state index contributed by atoms with van der Waals surface area (Å²) in [5.74, 6) is -0.814. The number of nitrogens with one attached hydrogen (secondary N) is 1. The highest BCUT2D eigenvalue weighted by Gasteiger charge is 2.45. The highest BCUT2D eigenvalue weighted by molar-refractivity contribution is 6.05. The lowest BCUT2D eigenvalue weighted by molar-refractivity contribution is -0.121. The number of benzene rings is 3. The molecule has 1 N–H and O–H groups in total. The van der Waals surface area contributed by atoms with Gasteiger partial charge in [0.05, 0.1) is 11.4 Å². The summed E-state index contributed by atoms with van der Waals surface area (Å²) >= 11 is 0. The van der Waals surface area contributed by atoms with Crippen molar-refractivity contribution in [3.05, 3.63) is 113 Å². The zero-order valence-electron chi connectivity index (χ0n) is 20.4. The van der Waals surface area contributed by atoms with Gasteiger partial charge in [0.2, 0.25) is 0 Å². The molecule has 2 atom stereocenters. The lowest BCUT2D eigenvalue weighted by Crippen LogP contribution is -2.55. The van der Waals surface area contributed by atoms with Crippen molar-refractivity contribution >= 4 is 17.6 Å². The molecule has 0 unspecified atom stereocenters. The Morgan fingerprint density at radius 1 is 1.00 bits per heavy atom. The minimum atomic E-state index is -0.886. The molecule has 0 fully saturated rings. The van der Waals surface area contributed by atoms with Crippen molar-refractivity contribution in [2.75, 3.05) is 11.4 Å². The third-order valence-corrected chi connectivity index (χ3v) is 6.63. The number of rotatable bonds is 5. The number of likely N-dealkylation sites (N-methyl/N-ethyl adjacent to an activating group) is 1. The zero-order chi connectivity index (χ0) is 25.4. The van der Waals surface area contributed by atoms with Crippen LogP contribution >= 0.6 is 0 Å². The van der Waals surface area contributed by atoms with Crippen LogP contribution in [0.5, 0.6) is 0 Å². The van der Waals surface area contributed by atoms with Crippen molar-refractivity contribution in [3.63, 3.8) is 0 Å². The number of amides is 2. The van der Waals surface area contributed by atoms with Gasteiger partial charge in [0.15, 0.2) is 0 Å². The number of carbonyl (C=O) groups excluding carboxylic acids is 2. The van der Waals surface area contributed by atoms with E-state index in [0.29, 0.717) is 17.9 Å². The number of aromatic nitrogens is 2. The summed E-state index contributed by atoms with van der Waals surface area (Å²) in [5, 5.41) is 7.80. The highest BCUT2D eigenvalue weighted by Crippen LogP contribution is 2.43. The van der Waals surface area contributed by atoms with Crippen molar-refractivity contribution in [2.24, 2.45) is 0 Å². The molecule has 36 heavy (non-hydrogen) atoms. The maximum atomic E-state index is 14.0. The molecule has 182 valence electrons. The molecular weight excluding hydrogens is 455 g/mol. The van der Waals surface area contributed by atoms with E-state index in [0.717, 1.165) is 28.1 Å². The van der Waals surface area contributed by atoms with Crippen LogP contribution in [0.2, 0.25) is 0 Å². The molecule has 0 saturated carbocycles. The second-order valence-corrected chi connectivity index (χ2v) is 9.00. The molecule has 1 aliphatic heterocycles. The van der Waals surface area contributed by atoms with Gasteiger partial charge in [-0.1, -0.05) is 48.0 Å². The smallest absolute Gasteiger partial charge is 0.251 e. The molecule has 4 aromatic rings. The lowest BCUT2D eigenvalue weighted by Gasteiger charge is -2.38. The second kappa shape index (κ2) is 9.41. The SMILES string of the molecule is CCN1C(=O)[C@H](NC(=O)c2cccc(C)c2)[C@@H](c2ccc(F)cc2)c2c(C)nn(-c3ccccc3)c21. The summed E-state index contributed by atoms with van der Waals surface area (Å²) in [5.41, 5.74) is 4.56. The number of halogens is 1. The van der Waals surface area contributed by atoms with Gasteiger partial charge in [-0.25, -0.2) is 9.07 Å². The first-order valence-corrected chi connectivity index (χ1v) is 12.0. The van der Waals surface area contributed by atoms with E-state index < -0.39 is 12.0 Å². The summed E-state index contributed by atoms with van der Waals surface area (Å²) in [6, 6.07) is 22.1. The number of para-hydroxylation sites is 1. The number of anilines is 1. The molecule has 1 aromatic heterocycles. The monoisotopic (exact) mass is 482 g/mol. The maximum Gasteiger partial charge on any atom is 0.251 e. The quantitative estimate of drug-likeness (QED) is 0.439. The lowest BCUT2D eigenvalue weighted by atomic mass is 9.81. The van der Waals surface area contributed by atoms with Gasteiger partial charge in [-0.15, -0.1) is 0 Å². The van der Waals surface area contributed by atoms with Gasteiger partial charge in [0.25, 0.3) is 11.8 Å². The Balaban J connectivity index is 1.68. The number of hydrogen-bond donors (Lipinski definition) is 1. The predicted octanol–water partition coefficient (Wildman–Crippen LogP) is 4.93. The Hall–Kier alpha value is -4.26. The summed E-state index contributed by atoms with van der Waals surface area (Å²) in [4.78, 5) is 29.0. The van der Waals surface area contributed by atoms with Gasteiger partial charge in [-0.05, 0) is 62.7 Å². The van der Waals surface area contributed by atoms with E-state index in [2.05, 4.69) is 5.32 Å². The van der Waals surface area contributed by atoms with Crippen LogP contribution in [0.15, 0.2) is 78.9 Å². The zero-order valence-corrected chi connectivity index (χ0v) is 20.4. The molecule has 0 aliphatic carbocycles. The fourth-order valence-electron chi connectivity index (χ4n) is 4.97. The first-order valence-electron chi connectivity index (χ1n) is 12.0. The van der Waals surface area contributed by atoms with Crippen molar-refractivity contribution in [3.8, 4) is 5.69 Å². The topological polar surface area (TPSA) is 67.2 Å². The van der Waals surface area contributed by atoms with Crippen molar-refractivity contribution in [2.45, 2.75) is 32.7 Å². The normalized spacial score (nSPS) is 17.1. The molecule has 0 saturated heterocycles. The second-order valence-electron chi connectivity index (χ2n) is 9.00. The Bertz CT molecular complexity index is 1430. The van der Waals surface area contributed by atoms with Crippen LogP contribution in [0.1, 0.15) is 45.6 Å². The van der Waals surface area contributed by atoms with Crippen molar-refractivity contribution in [1.29, 1.82) is 0 Å². The fourth-order valence-corrected chi connectivity index (χ4v) is 4.97. The molecule has 1 aliphatic rings. The largest absolute Gasteiger partial charge is 0.339 e. The number of fused-ring (bicyclic) bond motifs is 1. The Kier molecular flexibility index (Phi) is 6.14. The molecule has 6 nitrogen and oxygen atoms in total. The highest BCUT2D eigenvalue weighted by atomic mass is 19.1. The van der Waals surface area contributed by atoms with Crippen LogP contribution in [0, 0.1) is 19.7 Å². The maximum absolute atomic E-state index is 14.0. The summed E-state index contributed by atoms with van der Waals surface area (Å²) in [7, 11) is 0. The molecule has 0 spiro atoms. The summed E-state index contributed by atoms with van der Waals surface area (Å²) in [6.07, 6.45) is 0. The predicted molar refractivity (Wildman–Crippen MR) is 137 cm³/mol. The van der Waals surface area contributed by atoms with E-state index in [1.165, 1.54) is 12.1 Å². The molecule has 7 heteroatoms. The number of nitrogens with zero attached hydrogens (tertiary/aromatic N) is 3. The fraction of sp³-hybridized carbons (Fsp3) is 0.207. The van der Waals surface area contributed by atoms with Crippen LogP contribution in [-0.2, 0) is 4.79 Å². The minimum Gasteiger partial charge on any atom is -0.339 e. The van der Waals surface area contributed by atoms with E-state index in [-0.39, 0.29) is 17.6 Å². The molecule has 0 bridgehead atoms. The van der Waals surface area contributed by atoms with Gasteiger partial charge < -0.3 is 5.32 Å². The van der Waals surface area contributed by atoms with E-state index in [1.54, 1.807) is 33.8 Å². The summed E-state index contributed by atoms with van der Waals surface area (Å²) in [6.45, 7) is 6.11. The number of hydrogen-bond acceptors (Lipinski definition) is 3. The summed E-state index contributed by atoms with van der Waals surface area (Å²) < 4.78 is 15.6. The van der Waals surface area contributed by atoms with Gasteiger partial charge in [-0.2, -0.15) is 5.10 Å². The molecule has 2 amide bonds. The van der Waals surface area contributed by atoms with E-state index in [9.17, 15) is 14.0 Å². The molecular formula is C29H27FN4O2. The van der Waals surface area contributed by atoms with E-state index >= 15 is 0 Å².